The van der Waals surface area contributed by atoms with Crippen molar-refractivity contribution in [2.45, 2.75) is 23.8 Å². The molecular formula is C13H17N3OS. The van der Waals surface area contributed by atoms with E-state index in [4.69, 9.17) is 10.5 Å². The van der Waals surface area contributed by atoms with Crippen LogP contribution in [0.3, 0.4) is 0 Å². The number of imidazole rings is 1. The maximum Gasteiger partial charge on any atom is 0.117 e. The maximum atomic E-state index is 5.76. The first kappa shape index (κ1) is 11.9. The Morgan fingerprint density at radius 2 is 2.22 bits per heavy atom. The van der Waals surface area contributed by atoms with Crippen molar-refractivity contribution in [1.29, 1.82) is 0 Å². The average Bonchev–Trinajstić information content (AvgIpc) is 2.79. The van der Waals surface area contributed by atoms with Gasteiger partial charge in [0.05, 0.1) is 16.8 Å². The summed E-state index contributed by atoms with van der Waals surface area (Å²) in [7, 11) is 0. The highest BCUT2D eigenvalue weighted by atomic mass is 32.2. The molecule has 96 valence electrons. The first-order valence-electron chi connectivity index (χ1n) is 6.25. The number of nitrogen functional groups attached to an aromatic ring is 1. The molecule has 1 fully saturated rings. The second-order valence-corrected chi connectivity index (χ2v) is 5.87. The Morgan fingerprint density at radius 1 is 1.39 bits per heavy atom. The SMILES string of the molecule is Nc1ccc2nc(CSC3CCOCC3)[nH]c2c1. The topological polar surface area (TPSA) is 63.9 Å². The zero-order chi connectivity index (χ0) is 12.4. The highest BCUT2D eigenvalue weighted by Crippen LogP contribution is 2.25. The van der Waals surface area contributed by atoms with Crippen molar-refractivity contribution < 1.29 is 4.74 Å². The number of rotatable bonds is 3. The van der Waals surface area contributed by atoms with Crippen molar-refractivity contribution in [3.05, 3.63) is 24.0 Å². The Balaban J connectivity index is 1.67. The second-order valence-electron chi connectivity index (χ2n) is 4.58. The van der Waals surface area contributed by atoms with Gasteiger partial charge in [0.25, 0.3) is 0 Å². The number of hydrogen-bond acceptors (Lipinski definition) is 4. The van der Waals surface area contributed by atoms with Crippen LogP contribution in [0.4, 0.5) is 5.69 Å². The van der Waals surface area contributed by atoms with E-state index < -0.39 is 0 Å². The van der Waals surface area contributed by atoms with Crippen molar-refractivity contribution in [3.63, 3.8) is 0 Å². The van der Waals surface area contributed by atoms with Crippen LogP contribution >= 0.6 is 11.8 Å². The standard InChI is InChI=1S/C13H17N3OS/c14-9-1-2-11-12(7-9)16-13(15-11)8-18-10-3-5-17-6-4-10/h1-2,7,10H,3-6,8,14H2,(H,15,16). The number of nitrogens with one attached hydrogen (secondary N) is 1. The van der Waals surface area contributed by atoms with Crippen LogP contribution in [-0.2, 0) is 10.5 Å². The summed E-state index contributed by atoms with van der Waals surface area (Å²) in [5, 5.41) is 0.706. The number of aromatic amines is 1. The third-order valence-electron chi connectivity index (χ3n) is 3.18. The van der Waals surface area contributed by atoms with Crippen molar-refractivity contribution in [2.24, 2.45) is 0 Å². The lowest BCUT2D eigenvalue weighted by molar-refractivity contribution is 0.1000. The van der Waals surface area contributed by atoms with Gasteiger partial charge in [-0.3, -0.25) is 0 Å². The van der Waals surface area contributed by atoms with Crippen molar-refractivity contribution in [1.82, 2.24) is 9.97 Å². The molecule has 0 atom stereocenters. The monoisotopic (exact) mass is 263 g/mol. The number of nitrogens with zero attached hydrogens (tertiary/aromatic N) is 1. The minimum absolute atomic E-state index is 0.706. The quantitative estimate of drug-likeness (QED) is 0.835. The van der Waals surface area contributed by atoms with Crippen LogP contribution in [0.1, 0.15) is 18.7 Å². The fourth-order valence-corrected chi connectivity index (χ4v) is 3.24. The molecule has 0 amide bonds. The lowest BCUT2D eigenvalue weighted by Gasteiger charge is -2.20. The van der Waals surface area contributed by atoms with E-state index in [1.165, 1.54) is 0 Å². The molecule has 1 aromatic heterocycles. The lowest BCUT2D eigenvalue weighted by atomic mass is 10.2. The summed E-state index contributed by atoms with van der Waals surface area (Å²) in [6.45, 7) is 1.79. The third kappa shape index (κ3) is 2.62. The third-order valence-corrected chi connectivity index (χ3v) is 4.56. The maximum absolute atomic E-state index is 5.76. The van der Waals surface area contributed by atoms with Gasteiger partial charge in [-0.2, -0.15) is 11.8 Å². The summed E-state index contributed by atoms with van der Waals surface area (Å²) in [5.41, 5.74) is 8.55. The molecule has 0 bridgehead atoms. The van der Waals surface area contributed by atoms with Gasteiger partial charge < -0.3 is 15.5 Å². The minimum Gasteiger partial charge on any atom is -0.399 e. The van der Waals surface area contributed by atoms with E-state index in [9.17, 15) is 0 Å². The fourth-order valence-electron chi connectivity index (χ4n) is 2.19. The zero-order valence-corrected chi connectivity index (χ0v) is 11.0. The summed E-state index contributed by atoms with van der Waals surface area (Å²) in [4.78, 5) is 7.91. The van der Waals surface area contributed by atoms with E-state index in [-0.39, 0.29) is 0 Å². The van der Waals surface area contributed by atoms with E-state index in [0.717, 1.165) is 54.4 Å². The smallest absolute Gasteiger partial charge is 0.117 e. The molecule has 0 unspecified atom stereocenters. The lowest BCUT2D eigenvalue weighted by Crippen LogP contribution is -2.17. The summed E-state index contributed by atoms with van der Waals surface area (Å²) in [5.74, 6) is 1.96. The Kier molecular flexibility index (Phi) is 3.43. The van der Waals surface area contributed by atoms with Gasteiger partial charge in [-0.25, -0.2) is 4.98 Å². The molecule has 0 radical (unpaired) electrons. The first-order valence-corrected chi connectivity index (χ1v) is 7.29. The summed E-state index contributed by atoms with van der Waals surface area (Å²) in [6.07, 6.45) is 2.30. The summed E-state index contributed by atoms with van der Waals surface area (Å²) >= 11 is 1.96. The van der Waals surface area contributed by atoms with Gasteiger partial charge in [0.15, 0.2) is 0 Å². The Hall–Kier alpha value is -1.20. The van der Waals surface area contributed by atoms with Gasteiger partial charge in [-0.15, -0.1) is 0 Å². The number of thioether (sulfide) groups is 1. The number of hydrogen-bond donors (Lipinski definition) is 2. The minimum atomic E-state index is 0.706. The molecule has 2 aromatic rings. The van der Waals surface area contributed by atoms with Crippen LogP contribution in [0, 0.1) is 0 Å². The van der Waals surface area contributed by atoms with E-state index in [1.54, 1.807) is 0 Å². The van der Waals surface area contributed by atoms with Crippen LogP contribution in [0.5, 0.6) is 0 Å². The molecule has 0 saturated carbocycles. The van der Waals surface area contributed by atoms with Crippen LogP contribution in [0.15, 0.2) is 18.2 Å². The highest BCUT2D eigenvalue weighted by molar-refractivity contribution is 7.99. The van der Waals surface area contributed by atoms with Gasteiger partial charge in [0.1, 0.15) is 5.82 Å². The predicted molar refractivity (Wildman–Crippen MR) is 75.6 cm³/mol. The second kappa shape index (κ2) is 5.20. The number of H-pyrrole nitrogens is 1. The first-order chi connectivity index (χ1) is 8.81. The Bertz CT molecular complexity index is 534. The normalized spacial score (nSPS) is 17.3. The summed E-state index contributed by atoms with van der Waals surface area (Å²) in [6, 6.07) is 5.79. The number of ether oxygens (including phenoxy) is 1. The van der Waals surface area contributed by atoms with E-state index in [1.807, 2.05) is 30.0 Å². The Labute approximate surface area is 110 Å². The molecule has 1 aliphatic heterocycles. The van der Waals surface area contributed by atoms with Gasteiger partial charge >= 0.3 is 0 Å². The van der Waals surface area contributed by atoms with Crippen LogP contribution in [-0.4, -0.2) is 28.4 Å². The Morgan fingerprint density at radius 3 is 3.06 bits per heavy atom. The van der Waals surface area contributed by atoms with Gasteiger partial charge in [-0.1, -0.05) is 0 Å². The number of benzene rings is 1. The molecule has 5 heteroatoms. The van der Waals surface area contributed by atoms with Gasteiger partial charge in [0, 0.05) is 24.2 Å². The molecule has 4 nitrogen and oxygen atoms in total. The number of nitrogens with two attached hydrogens (primary N) is 1. The molecule has 2 heterocycles. The van der Waals surface area contributed by atoms with Crippen molar-refractivity contribution in [3.8, 4) is 0 Å². The highest BCUT2D eigenvalue weighted by Gasteiger charge is 2.14. The van der Waals surface area contributed by atoms with E-state index >= 15 is 0 Å². The largest absolute Gasteiger partial charge is 0.399 e. The molecular weight excluding hydrogens is 246 g/mol. The molecule has 1 aliphatic rings. The number of aromatic nitrogens is 2. The summed E-state index contributed by atoms with van der Waals surface area (Å²) < 4.78 is 5.36. The number of anilines is 1. The molecule has 3 rings (SSSR count). The van der Waals surface area contributed by atoms with Crippen LogP contribution in [0.25, 0.3) is 11.0 Å². The molecule has 1 saturated heterocycles. The van der Waals surface area contributed by atoms with Crippen LogP contribution in [0.2, 0.25) is 0 Å². The van der Waals surface area contributed by atoms with E-state index in [0.29, 0.717) is 5.25 Å². The molecule has 1 aromatic carbocycles. The number of fused-ring (bicyclic) bond motifs is 1. The molecule has 18 heavy (non-hydrogen) atoms. The van der Waals surface area contributed by atoms with Crippen LogP contribution < -0.4 is 5.73 Å². The molecule has 3 N–H and O–H groups in total. The van der Waals surface area contributed by atoms with Crippen molar-refractivity contribution >= 4 is 28.5 Å². The van der Waals surface area contributed by atoms with Gasteiger partial charge in [-0.05, 0) is 31.0 Å². The zero-order valence-electron chi connectivity index (χ0n) is 10.2. The van der Waals surface area contributed by atoms with E-state index in [2.05, 4.69) is 9.97 Å². The van der Waals surface area contributed by atoms with Gasteiger partial charge in [0.2, 0.25) is 0 Å². The molecule has 0 spiro atoms. The fraction of sp³-hybridized carbons (Fsp3) is 0.462. The average molecular weight is 263 g/mol. The molecule has 0 aliphatic carbocycles. The van der Waals surface area contributed by atoms with Crippen molar-refractivity contribution in [2.75, 3.05) is 18.9 Å². The predicted octanol–water partition coefficient (Wildman–Crippen LogP) is 2.56.